The predicted octanol–water partition coefficient (Wildman–Crippen LogP) is 5.39. The lowest BCUT2D eigenvalue weighted by Gasteiger charge is -2.43. The molecule has 3 aliphatic carbocycles. The van der Waals surface area contributed by atoms with Crippen LogP contribution in [0.1, 0.15) is 74.4 Å². The SMILES string of the molecule is CCC/C(C)=C1\C(C(N)=O)=C(O)CC2CC3Cc4c(I)cc(C[C@H](C=O)CC)c(O)c4C(=O)C3=C(O)C12. The molecule has 0 fully saturated rings. The fourth-order valence-electron chi connectivity index (χ4n) is 6.49. The number of phenolic OH excluding ortho intramolecular Hbond substituents is 1. The number of nitrogens with two attached hydrogens (primary N) is 1. The minimum absolute atomic E-state index is 0.0422. The van der Waals surface area contributed by atoms with Crippen molar-refractivity contribution in [3.63, 3.8) is 0 Å². The molecule has 0 aliphatic heterocycles. The summed E-state index contributed by atoms with van der Waals surface area (Å²) in [5.41, 5.74) is 8.85. The van der Waals surface area contributed by atoms with Gasteiger partial charge in [0, 0.05) is 27.4 Å². The van der Waals surface area contributed by atoms with Crippen LogP contribution in [0.2, 0.25) is 0 Å². The summed E-state index contributed by atoms with van der Waals surface area (Å²) in [6.07, 6.45) is 4.51. The molecule has 0 bridgehead atoms. The standard InChI is InChI=1S/C29H34INO6/c1-4-6-13(3)21-22-16(11-20(33)25(21)29(31)37)8-15-9-18-19(30)10-17(7-14(5-2)12-32)26(34)24(18)28(36)23(15)27(22)35/h10,12,14-16,22,33-35H,4-9,11H2,1-3H3,(H2,31,37)/b21-13-/t14-,15?,16?,22?/m1/s1. The summed E-state index contributed by atoms with van der Waals surface area (Å²) in [4.78, 5) is 37.8. The largest absolute Gasteiger partial charge is 0.511 e. The second-order valence-corrected chi connectivity index (χ2v) is 11.7. The average molecular weight is 619 g/mol. The van der Waals surface area contributed by atoms with E-state index in [1.807, 2.05) is 26.8 Å². The molecule has 198 valence electrons. The number of amides is 1. The number of allylic oxidation sites excluding steroid dienone is 4. The molecule has 4 atom stereocenters. The van der Waals surface area contributed by atoms with Crippen LogP contribution >= 0.6 is 22.6 Å². The fourth-order valence-corrected chi connectivity index (χ4v) is 7.35. The average Bonchev–Trinajstić information content (AvgIpc) is 2.84. The smallest absolute Gasteiger partial charge is 0.252 e. The van der Waals surface area contributed by atoms with E-state index in [0.29, 0.717) is 43.2 Å². The lowest BCUT2D eigenvalue weighted by molar-refractivity contribution is -0.114. The zero-order chi connectivity index (χ0) is 27.2. The molecule has 37 heavy (non-hydrogen) atoms. The molecule has 0 spiro atoms. The Bertz CT molecular complexity index is 1270. The van der Waals surface area contributed by atoms with E-state index in [9.17, 15) is 29.7 Å². The first-order chi connectivity index (χ1) is 17.5. The van der Waals surface area contributed by atoms with Crippen molar-refractivity contribution in [3.8, 4) is 5.75 Å². The highest BCUT2D eigenvalue weighted by atomic mass is 127. The van der Waals surface area contributed by atoms with E-state index in [4.69, 9.17) is 5.73 Å². The normalized spacial score (nSPS) is 25.3. The van der Waals surface area contributed by atoms with Gasteiger partial charge in [-0.1, -0.05) is 25.8 Å². The highest BCUT2D eigenvalue weighted by Crippen LogP contribution is 2.53. The van der Waals surface area contributed by atoms with Crippen molar-refractivity contribution in [1.82, 2.24) is 0 Å². The van der Waals surface area contributed by atoms with Gasteiger partial charge in [0.1, 0.15) is 23.6 Å². The van der Waals surface area contributed by atoms with Crippen LogP contribution in [0, 0.1) is 27.2 Å². The first-order valence-electron chi connectivity index (χ1n) is 12.9. The second kappa shape index (κ2) is 10.6. The number of rotatable bonds is 7. The number of aliphatic hydroxyl groups excluding tert-OH is 2. The summed E-state index contributed by atoms with van der Waals surface area (Å²) in [5.74, 6) is -2.78. The first-order valence-corrected chi connectivity index (χ1v) is 14.0. The fraction of sp³-hybridized carbons (Fsp3) is 0.483. The molecule has 1 aromatic rings. The quantitative estimate of drug-likeness (QED) is 0.239. The number of primary amides is 1. The van der Waals surface area contributed by atoms with Crippen molar-refractivity contribution in [2.45, 2.75) is 65.7 Å². The Kier molecular flexibility index (Phi) is 7.88. The van der Waals surface area contributed by atoms with Crippen molar-refractivity contribution < 1.29 is 29.7 Å². The van der Waals surface area contributed by atoms with Crippen LogP contribution in [0.4, 0.5) is 0 Å². The molecule has 1 amide bonds. The van der Waals surface area contributed by atoms with Gasteiger partial charge in [-0.2, -0.15) is 0 Å². The second-order valence-electron chi connectivity index (χ2n) is 10.6. The Morgan fingerprint density at radius 2 is 1.95 bits per heavy atom. The molecule has 0 saturated carbocycles. The number of carbonyl (C=O) groups excluding carboxylic acids is 3. The van der Waals surface area contributed by atoms with Gasteiger partial charge in [0.15, 0.2) is 5.78 Å². The maximum absolute atomic E-state index is 13.9. The molecule has 4 rings (SSSR count). The summed E-state index contributed by atoms with van der Waals surface area (Å²) in [6.45, 7) is 5.78. The van der Waals surface area contributed by atoms with Crippen LogP contribution in [0.25, 0.3) is 0 Å². The molecule has 1 aromatic carbocycles. The number of Topliss-reactive ketones (excluding diaryl/α,β-unsaturated/α-hetero) is 1. The number of hydrogen-bond donors (Lipinski definition) is 4. The van der Waals surface area contributed by atoms with E-state index in [1.165, 1.54) is 0 Å². The molecule has 8 heteroatoms. The summed E-state index contributed by atoms with van der Waals surface area (Å²) < 4.78 is 0.844. The summed E-state index contributed by atoms with van der Waals surface area (Å²) in [6, 6.07) is 1.84. The van der Waals surface area contributed by atoms with Gasteiger partial charge in [-0.15, -0.1) is 0 Å². The number of aldehydes is 1. The topological polar surface area (TPSA) is 138 Å². The number of hydrogen-bond acceptors (Lipinski definition) is 6. The molecular formula is C29H34INO6. The van der Waals surface area contributed by atoms with Crippen LogP contribution in [0.3, 0.4) is 0 Å². The van der Waals surface area contributed by atoms with Gasteiger partial charge in [-0.3, -0.25) is 9.59 Å². The monoisotopic (exact) mass is 619 g/mol. The Labute approximate surface area is 230 Å². The van der Waals surface area contributed by atoms with E-state index in [2.05, 4.69) is 22.6 Å². The molecule has 5 N–H and O–H groups in total. The zero-order valence-electron chi connectivity index (χ0n) is 21.4. The number of halogens is 1. The van der Waals surface area contributed by atoms with Crippen LogP contribution in [-0.4, -0.2) is 33.3 Å². The Hall–Kier alpha value is -2.62. The molecule has 0 radical (unpaired) electrons. The minimum atomic E-state index is -0.751. The van der Waals surface area contributed by atoms with Crippen molar-refractivity contribution in [1.29, 1.82) is 0 Å². The molecular weight excluding hydrogens is 585 g/mol. The maximum atomic E-state index is 13.9. The lowest BCUT2D eigenvalue weighted by atomic mass is 9.60. The summed E-state index contributed by atoms with van der Waals surface area (Å²) in [5, 5.41) is 33.6. The minimum Gasteiger partial charge on any atom is -0.511 e. The predicted molar refractivity (Wildman–Crippen MR) is 148 cm³/mol. The van der Waals surface area contributed by atoms with E-state index in [0.717, 1.165) is 27.4 Å². The number of carbonyl (C=O) groups is 3. The number of ketones is 1. The van der Waals surface area contributed by atoms with Gasteiger partial charge >= 0.3 is 0 Å². The highest BCUT2D eigenvalue weighted by Gasteiger charge is 2.49. The first kappa shape index (κ1) is 27.4. The van der Waals surface area contributed by atoms with Gasteiger partial charge in [-0.25, -0.2) is 0 Å². The molecule has 3 unspecified atom stereocenters. The Balaban J connectivity index is 1.88. The van der Waals surface area contributed by atoms with Crippen LogP contribution in [0.5, 0.6) is 5.75 Å². The summed E-state index contributed by atoms with van der Waals surface area (Å²) in [7, 11) is 0. The third-order valence-electron chi connectivity index (χ3n) is 8.25. The van der Waals surface area contributed by atoms with Gasteiger partial charge in [0.25, 0.3) is 5.91 Å². The number of aliphatic hydroxyl groups is 2. The van der Waals surface area contributed by atoms with E-state index in [-0.39, 0.29) is 58.2 Å². The highest BCUT2D eigenvalue weighted by molar-refractivity contribution is 14.1. The number of fused-ring (bicyclic) bond motifs is 3. The molecule has 3 aliphatic rings. The van der Waals surface area contributed by atoms with E-state index in [1.54, 1.807) is 0 Å². The van der Waals surface area contributed by atoms with E-state index >= 15 is 0 Å². The van der Waals surface area contributed by atoms with Gasteiger partial charge in [-0.05, 0) is 96.2 Å². The van der Waals surface area contributed by atoms with Gasteiger partial charge < -0.3 is 25.8 Å². The van der Waals surface area contributed by atoms with Crippen LogP contribution < -0.4 is 5.73 Å². The molecule has 0 saturated heterocycles. The van der Waals surface area contributed by atoms with Crippen molar-refractivity contribution in [2.24, 2.45) is 29.4 Å². The third kappa shape index (κ3) is 4.62. The van der Waals surface area contributed by atoms with Crippen LogP contribution in [0.15, 0.2) is 39.9 Å². The molecule has 0 aromatic heterocycles. The third-order valence-corrected chi connectivity index (χ3v) is 9.21. The van der Waals surface area contributed by atoms with Crippen LogP contribution in [-0.2, 0) is 22.4 Å². The Morgan fingerprint density at radius 3 is 2.54 bits per heavy atom. The van der Waals surface area contributed by atoms with Gasteiger partial charge in [0.05, 0.1) is 11.1 Å². The Morgan fingerprint density at radius 1 is 1.24 bits per heavy atom. The van der Waals surface area contributed by atoms with Crippen molar-refractivity contribution in [3.05, 3.63) is 60.1 Å². The number of phenols is 1. The molecule has 7 nitrogen and oxygen atoms in total. The van der Waals surface area contributed by atoms with E-state index < -0.39 is 17.6 Å². The van der Waals surface area contributed by atoms with Crippen molar-refractivity contribution in [2.75, 3.05) is 0 Å². The maximum Gasteiger partial charge on any atom is 0.252 e. The zero-order valence-corrected chi connectivity index (χ0v) is 23.6. The summed E-state index contributed by atoms with van der Waals surface area (Å²) >= 11 is 2.17. The molecule has 0 heterocycles. The lowest BCUT2D eigenvalue weighted by Crippen LogP contribution is -2.40. The van der Waals surface area contributed by atoms with Gasteiger partial charge in [0.2, 0.25) is 0 Å². The van der Waals surface area contributed by atoms with Crippen molar-refractivity contribution >= 4 is 40.6 Å². The number of benzene rings is 1. The number of aromatic hydroxyl groups is 1.